The van der Waals surface area contributed by atoms with Crippen molar-refractivity contribution in [2.45, 2.75) is 26.3 Å². The highest BCUT2D eigenvalue weighted by molar-refractivity contribution is 5.94. The Bertz CT molecular complexity index is 345. The first-order valence-electron chi connectivity index (χ1n) is 4.81. The topological polar surface area (TPSA) is 29.1 Å². The largest absolute Gasteiger partial charge is 0.349 e. The molecule has 4 heteroatoms. The molecule has 1 N–H and O–H groups in total. The summed E-state index contributed by atoms with van der Waals surface area (Å²) in [5.74, 6) is -2.38. The fraction of sp³-hybridized carbons (Fsp3) is 0.364. The molecule has 0 aliphatic heterocycles. The quantitative estimate of drug-likeness (QED) is 0.821. The van der Waals surface area contributed by atoms with Crippen LogP contribution in [-0.4, -0.2) is 11.9 Å². The van der Waals surface area contributed by atoms with E-state index in [-0.39, 0.29) is 6.04 Å². The first kappa shape index (κ1) is 11.6. The molecule has 0 saturated heterocycles. The highest BCUT2D eigenvalue weighted by Crippen LogP contribution is 2.12. The third-order valence-corrected chi connectivity index (χ3v) is 2.18. The second-order valence-electron chi connectivity index (χ2n) is 3.38. The molecule has 1 aromatic carbocycles. The Morgan fingerprint density at radius 2 is 1.93 bits per heavy atom. The van der Waals surface area contributed by atoms with Crippen LogP contribution in [0.25, 0.3) is 0 Å². The van der Waals surface area contributed by atoms with Crippen LogP contribution in [-0.2, 0) is 0 Å². The molecule has 0 bridgehead atoms. The van der Waals surface area contributed by atoms with Gasteiger partial charge in [0.2, 0.25) is 0 Å². The number of hydrogen-bond donors (Lipinski definition) is 1. The van der Waals surface area contributed by atoms with Gasteiger partial charge in [-0.1, -0.05) is 13.0 Å². The standard InChI is InChI=1S/C11H13F2NO/c1-3-7(2)14-11(15)10-8(12)5-4-6-9(10)13/h4-7H,3H2,1-2H3,(H,14,15). The van der Waals surface area contributed by atoms with Gasteiger partial charge in [-0.3, -0.25) is 4.79 Å². The summed E-state index contributed by atoms with van der Waals surface area (Å²) in [6, 6.07) is 3.25. The van der Waals surface area contributed by atoms with Gasteiger partial charge in [0.15, 0.2) is 0 Å². The van der Waals surface area contributed by atoms with Crippen molar-refractivity contribution in [2.24, 2.45) is 0 Å². The Kier molecular flexibility index (Phi) is 3.77. The van der Waals surface area contributed by atoms with Crippen molar-refractivity contribution in [1.29, 1.82) is 0 Å². The van der Waals surface area contributed by atoms with Crippen LogP contribution in [0.4, 0.5) is 8.78 Å². The molecule has 0 aromatic heterocycles. The number of amides is 1. The van der Waals surface area contributed by atoms with Gasteiger partial charge >= 0.3 is 0 Å². The fourth-order valence-electron chi connectivity index (χ4n) is 1.11. The van der Waals surface area contributed by atoms with Crippen LogP contribution >= 0.6 is 0 Å². The van der Waals surface area contributed by atoms with Crippen LogP contribution < -0.4 is 5.32 Å². The van der Waals surface area contributed by atoms with Crippen molar-refractivity contribution >= 4 is 5.91 Å². The SMILES string of the molecule is CCC(C)NC(=O)c1c(F)cccc1F. The number of rotatable bonds is 3. The summed E-state index contributed by atoms with van der Waals surface area (Å²) in [6.45, 7) is 3.65. The molecule has 0 fully saturated rings. The number of halogens is 2. The fourth-order valence-corrected chi connectivity index (χ4v) is 1.11. The van der Waals surface area contributed by atoms with Gasteiger partial charge in [0.25, 0.3) is 5.91 Å². The number of carbonyl (C=O) groups excluding carboxylic acids is 1. The second kappa shape index (κ2) is 4.87. The average molecular weight is 213 g/mol. The molecule has 2 nitrogen and oxygen atoms in total. The molecular formula is C11H13F2NO. The minimum absolute atomic E-state index is 0.100. The van der Waals surface area contributed by atoms with Crippen LogP contribution in [0.3, 0.4) is 0 Å². The van der Waals surface area contributed by atoms with E-state index in [1.807, 2.05) is 6.92 Å². The Hall–Kier alpha value is -1.45. The zero-order valence-electron chi connectivity index (χ0n) is 8.68. The summed E-state index contributed by atoms with van der Waals surface area (Å²) in [7, 11) is 0. The van der Waals surface area contributed by atoms with E-state index >= 15 is 0 Å². The first-order chi connectivity index (χ1) is 7.06. The summed E-state index contributed by atoms with van der Waals surface area (Å²) in [5, 5.41) is 2.51. The van der Waals surface area contributed by atoms with Gasteiger partial charge in [-0.05, 0) is 25.5 Å². The molecule has 0 aliphatic rings. The van der Waals surface area contributed by atoms with Crippen molar-refractivity contribution in [2.75, 3.05) is 0 Å². The highest BCUT2D eigenvalue weighted by Gasteiger charge is 2.17. The molecule has 0 heterocycles. The molecule has 1 atom stereocenters. The van der Waals surface area contributed by atoms with Gasteiger partial charge < -0.3 is 5.32 Å². The van der Waals surface area contributed by atoms with Crippen LogP contribution in [0.15, 0.2) is 18.2 Å². The van der Waals surface area contributed by atoms with E-state index in [2.05, 4.69) is 5.32 Å². The lowest BCUT2D eigenvalue weighted by Gasteiger charge is -2.12. The Labute approximate surface area is 87.3 Å². The predicted octanol–water partition coefficient (Wildman–Crippen LogP) is 2.49. The van der Waals surface area contributed by atoms with E-state index < -0.39 is 23.1 Å². The van der Waals surface area contributed by atoms with Gasteiger partial charge in [-0.15, -0.1) is 0 Å². The third-order valence-electron chi connectivity index (χ3n) is 2.18. The summed E-state index contributed by atoms with van der Waals surface area (Å²) in [6.07, 6.45) is 0.710. The third kappa shape index (κ3) is 2.75. The molecule has 1 rings (SSSR count). The zero-order valence-corrected chi connectivity index (χ0v) is 8.68. The maximum atomic E-state index is 13.2. The second-order valence-corrected chi connectivity index (χ2v) is 3.38. The number of carbonyl (C=O) groups is 1. The molecule has 1 aromatic rings. The van der Waals surface area contributed by atoms with E-state index in [1.54, 1.807) is 6.92 Å². The summed E-state index contributed by atoms with van der Waals surface area (Å²) in [5.41, 5.74) is -0.516. The lowest BCUT2D eigenvalue weighted by molar-refractivity contribution is 0.0931. The van der Waals surface area contributed by atoms with Gasteiger partial charge in [0.05, 0.1) is 0 Å². The molecular weight excluding hydrogens is 200 g/mol. The number of hydrogen-bond acceptors (Lipinski definition) is 1. The van der Waals surface area contributed by atoms with Gasteiger partial charge in [0.1, 0.15) is 17.2 Å². The number of nitrogens with one attached hydrogen (secondary N) is 1. The summed E-state index contributed by atoms with van der Waals surface area (Å²) < 4.78 is 26.3. The summed E-state index contributed by atoms with van der Waals surface area (Å²) in [4.78, 5) is 11.5. The minimum atomic E-state index is -0.837. The lowest BCUT2D eigenvalue weighted by atomic mass is 10.1. The monoisotopic (exact) mass is 213 g/mol. The van der Waals surface area contributed by atoms with E-state index in [9.17, 15) is 13.6 Å². The van der Waals surface area contributed by atoms with Crippen LogP contribution in [0, 0.1) is 11.6 Å². The highest BCUT2D eigenvalue weighted by atomic mass is 19.1. The lowest BCUT2D eigenvalue weighted by Crippen LogP contribution is -2.33. The molecule has 82 valence electrons. The molecule has 0 radical (unpaired) electrons. The van der Waals surface area contributed by atoms with E-state index in [0.717, 1.165) is 12.1 Å². The normalized spacial score (nSPS) is 12.3. The molecule has 0 aliphatic carbocycles. The molecule has 0 spiro atoms. The molecule has 0 saturated carbocycles. The molecule has 15 heavy (non-hydrogen) atoms. The summed E-state index contributed by atoms with van der Waals surface area (Å²) >= 11 is 0. The predicted molar refractivity (Wildman–Crippen MR) is 53.6 cm³/mol. The van der Waals surface area contributed by atoms with Crippen molar-refractivity contribution in [3.8, 4) is 0 Å². The zero-order chi connectivity index (χ0) is 11.4. The van der Waals surface area contributed by atoms with E-state index in [4.69, 9.17) is 0 Å². The Morgan fingerprint density at radius 3 is 2.40 bits per heavy atom. The van der Waals surface area contributed by atoms with Gasteiger partial charge in [-0.25, -0.2) is 8.78 Å². The van der Waals surface area contributed by atoms with E-state index in [1.165, 1.54) is 6.07 Å². The van der Waals surface area contributed by atoms with Crippen LogP contribution in [0.2, 0.25) is 0 Å². The van der Waals surface area contributed by atoms with Gasteiger partial charge in [-0.2, -0.15) is 0 Å². The van der Waals surface area contributed by atoms with Crippen LogP contribution in [0.5, 0.6) is 0 Å². The molecule has 1 unspecified atom stereocenters. The number of benzene rings is 1. The Balaban J connectivity index is 2.91. The van der Waals surface area contributed by atoms with E-state index in [0.29, 0.717) is 6.42 Å². The molecule has 1 amide bonds. The maximum Gasteiger partial charge on any atom is 0.257 e. The average Bonchev–Trinajstić information content (AvgIpc) is 2.17. The van der Waals surface area contributed by atoms with Crippen LogP contribution in [0.1, 0.15) is 30.6 Å². The maximum absolute atomic E-state index is 13.2. The van der Waals surface area contributed by atoms with Gasteiger partial charge in [0, 0.05) is 6.04 Å². The minimum Gasteiger partial charge on any atom is -0.349 e. The van der Waals surface area contributed by atoms with Crippen molar-refractivity contribution < 1.29 is 13.6 Å². The van der Waals surface area contributed by atoms with Crippen molar-refractivity contribution in [3.63, 3.8) is 0 Å². The van der Waals surface area contributed by atoms with Crippen molar-refractivity contribution in [3.05, 3.63) is 35.4 Å². The van der Waals surface area contributed by atoms with Crippen molar-refractivity contribution in [1.82, 2.24) is 5.32 Å². The Morgan fingerprint density at radius 1 is 1.40 bits per heavy atom. The first-order valence-corrected chi connectivity index (χ1v) is 4.81. The smallest absolute Gasteiger partial charge is 0.257 e.